The summed E-state index contributed by atoms with van der Waals surface area (Å²) >= 11 is 0. The van der Waals surface area contributed by atoms with Crippen LogP contribution in [0.3, 0.4) is 0 Å². The average molecular weight is 320 g/mol. The van der Waals surface area contributed by atoms with Crippen molar-refractivity contribution in [1.82, 2.24) is 9.80 Å². The average Bonchev–Trinajstić information content (AvgIpc) is 2.62. The third kappa shape index (κ3) is 2.69. The Bertz CT molecular complexity index is 898. The molecule has 1 aliphatic rings. The lowest BCUT2D eigenvalue weighted by Crippen LogP contribution is -2.47. The van der Waals surface area contributed by atoms with Crippen molar-refractivity contribution in [3.8, 4) is 0 Å². The van der Waals surface area contributed by atoms with Crippen molar-refractivity contribution in [2.45, 2.75) is 6.54 Å². The summed E-state index contributed by atoms with van der Waals surface area (Å²) in [6.45, 7) is 3.60. The van der Waals surface area contributed by atoms with E-state index in [2.05, 4.69) is 59.5 Å². The molecule has 0 aromatic heterocycles. The van der Waals surface area contributed by atoms with Gasteiger partial charge >= 0.3 is 6.09 Å². The van der Waals surface area contributed by atoms with Crippen LogP contribution in [-0.4, -0.2) is 47.2 Å². The summed E-state index contributed by atoms with van der Waals surface area (Å²) in [6.07, 6.45) is -0.814. The van der Waals surface area contributed by atoms with E-state index in [1.54, 1.807) is 0 Å². The Balaban J connectivity index is 1.67. The number of piperazine rings is 1. The van der Waals surface area contributed by atoms with Gasteiger partial charge in [-0.3, -0.25) is 4.90 Å². The van der Waals surface area contributed by atoms with E-state index in [1.807, 2.05) is 0 Å². The number of hydrogen-bond acceptors (Lipinski definition) is 2. The smallest absolute Gasteiger partial charge is 0.407 e. The van der Waals surface area contributed by atoms with Gasteiger partial charge in [0.15, 0.2) is 0 Å². The fourth-order valence-corrected chi connectivity index (χ4v) is 3.60. The maximum Gasteiger partial charge on any atom is 0.407 e. The minimum absolute atomic E-state index is 0.584. The quantitative estimate of drug-likeness (QED) is 0.731. The van der Waals surface area contributed by atoms with Crippen molar-refractivity contribution in [3.63, 3.8) is 0 Å². The topological polar surface area (TPSA) is 43.8 Å². The highest BCUT2D eigenvalue weighted by Gasteiger charge is 2.20. The standard InChI is InChI=1S/C20H20N2O2/c23-20(24)22-11-9-21(10-12-22)14-16-13-15-5-1-2-6-17(15)19-8-4-3-7-18(16)19/h1-8,13H,9-12,14H2,(H,23,24). The SMILES string of the molecule is O=C(O)N1CCN(Cc2cc3ccccc3c3ccccc23)CC1. The van der Waals surface area contributed by atoms with Gasteiger partial charge in [0.1, 0.15) is 0 Å². The Morgan fingerprint density at radius 2 is 1.50 bits per heavy atom. The van der Waals surface area contributed by atoms with Crippen LogP contribution in [0.4, 0.5) is 4.79 Å². The van der Waals surface area contributed by atoms with Gasteiger partial charge in [-0.05, 0) is 33.2 Å². The lowest BCUT2D eigenvalue weighted by Gasteiger charge is -2.33. The molecule has 0 spiro atoms. The van der Waals surface area contributed by atoms with Crippen molar-refractivity contribution in [1.29, 1.82) is 0 Å². The normalized spacial score (nSPS) is 15.9. The van der Waals surface area contributed by atoms with Crippen LogP contribution in [-0.2, 0) is 6.54 Å². The predicted molar refractivity (Wildman–Crippen MR) is 96.3 cm³/mol. The number of benzene rings is 3. The van der Waals surface area contributed by atoms with Gasteiger partial charge in [-0.15, -0.1) is 0 Å². The van der Waals surface area contributed by atoms with Crippen molar-refractivity contribution in [2.75, 3.05) is 26.2 Å². The van der Waals surface area contributed by atoms with Crippen molar-refractivity contribution in [3.05, 3.63) is 60.2 Å². The fraction of sp³-hybridized carbons (Fsp3) is 0.250. The molecule has 122 valence electrons. The van der Waals surface area contributed by atoms with E-state index in [-0.39, 0.29) is 0 Å². The van der Waals surface area contributed by atoms with Gasteiger partial charge in [0.05, 0.1) is 0 Å². The molecule has 4 nitrogen and oxygen atoms in total. The Kier molecular flexibility index (Phi) is 3.82. The van der Waals surface area contributed by atoms with Gasteiger partial charge in [0, 0.05) is 32.7 Å². The van der Waals surface area contributed by atoms with Crippen molar-refractivity contribution >= 4 is 27.6 Å². The molecule has 0 saturated carbocycles. The van der Waals surface area contributed by atoms with Crippen LogP contribution < -0.4 is 0 Å². The Morgan fingerprint density at radius 1 is 0.875 bits per heavy atom. The number of rotatable bonds is 2. The molecule has 1 aliphatic heterocycles. The number of nitrogens with zero attached hydrogens (tertiary/aromatic N) is 2. The molecule has 0 unspecified atom stereocenters. The first kappa shape index (κ1) is 15.0. The highest BCUT2D eigenvalue weighted by atomic mass is 16.4. The largest absolute Gasteiger partial charge is 0.465 e. The molecule has 3 aromatic carbocycles. The van der Waals surface area contributed by atoms with E-state index in [9.17, 15) is 4.79 Å². The Hall–Kier alpha value is -2.59. The zero-order valence-corrected chi connectivity index (χ0v) is 13.5. The van der Waals surface area contributed by atoms with E-state index in [1.165, 1.54) is 32.0 Å². The van der Waals surface area contributed by atoms with Gasteiger partial charge in [-0.2, -0.15) is 0 Å². The van der Waals surface area contributed by atoms with Crippen LogP contribution in [0.1, 0.15) is 5.56 Å². The summed E-state index contributed by atoms with van der Waals surface area (Å²) in [6, 6.07) is 19.3. The molecule has 1 amide bonds. The van der Waals surface area contributed by atoms with Gasteiger partial charge in [-0.25, -0.2) is 4.79 Å². The van der Waals surface area contributed by atoms with Crippen LogP contribution in [0.15, 0.2) is 54.6 Å². The lowest BCUT2D eigenvalue weighted by molar-refractivity contribution is 0.103. The molecule has 1 saturated heterocycles. The summed E-state index contributed by atoms with van der Waals surface area (Å²) < 4.78 is 0. The maximum absolute atomic E-state index is 11.0. The minimum Gasteiger partial charge on any atom is -0.465 e. The molecule has 0 aliphatic carbocycles. The molecule has 0 radical (unpaired) electrons. The van der Waals surface area contributed by atoms with E-state index < -0.39 is 6.09 Å². The van der Waals surface area contributed by atoms with Crippen LogP contribution in [0.5, 0.6) is 0 Å². The predicted octanol–water partition coefficient (Wildman–Crippen LogP) is 3.79. The third-order valence-corrected chi connectivity index (χ3v) is 4.89. The monoisotopic (exact) mass is 320 g/mol. The molecule has 3 aromatic rings. The molecule has 0 atom stereocenters. The molecule has 1 fully saturated rings. The summed E-state index contributed by atoms with van der Waals surface area (Å²) in [4.78, 5) is 14.9. The molecule has 1 heterocycles. The number of amides is 1. The fourth-order valence-electron chi connectivity index (χ4n) is 3.60. The van der Waals surface area contributed by atoms with Crippen LogP contribution >= 0.6 is 0 Å². The minimum atomic E-state index is -0.814. The van der Waals surface area contributed by atoms with E-state index in [4.69, 9.17) is 5.11 Å². The number of hydrogen-bond donors (Lipinski definition) is 1. The second-order valence-electron chi connectivity index (χ2n) is 6.35. The van der Waals surface area contributed by atoms with Crippen molar-refractivity contribution < 1.29 is 9.90 Å². The van der Waals surface area contributed by atoms with Crippen molar-refractivity contribution in [2.24, 2.45) is 0 Å². The molecular formula is C20H20N2O2. The second kappa shape index (κ2) is 6.13. The van der Waals surface area contributed by atoms with Gasteiger partial charge < -0.3 is 10.0 Å². The highest BCUT2D eigenvalue weighted by Crippen LogP contribution is 2.29. The summed E-state index contributed by atoms with van der Waals surface area (Å²) in [7, 11) is 0. The second-order valence-corrected chi connectivity index (χ2v) is 6.35. The van der Waals surface area contributed by atoms with Gasteiger partial charge in [0.2, 0.25) is 0 Å². The zero-order valence-electron chi connectivity index (χ0n) is 13.5. The molecule has 4 heteroatoms. The third-order valence-electron chi connectivity index (χ3n) is 4.89. The lowest BCUT2D eigenvalue weighted by atomic mass is 9.97. The molecule has 4 rings (SSSR count). The molecule has 0 bridgehead atoms. The van der Waals surface area contributed by atoms with Crippen LogP contribution in [0, 0.1) is 0 Å². The Labute approximate surface area is 140 Å². The summed E-state index contributed by atoms with van der Waals surface area (Å²) in [5, 5.41) is 14.2. The first-order valence-corrected chi connectivity index (χ1v) is 8.32. The van der Waals surface area contributed by atoms with E-state index in [0.717, 1.165) is 19.6 Å². The molecular weight excluding hydrogens is 300 g/mol. The number of fused-ring (bicyclic) bond motifs is 3. The summed E-state index contributed by atoms with van der Waals surface area (Å²) in [5.41, 5.74) is 1.31. The van der Waals surface area contributed by atoms with E-state index in [0.29, 0.717) is 13.1 Å². The van der Waals surface area contributed by atoms with Gasteiger partial charge in [0.25, 0.3) is 0 Å². The zero-order chi connectivity index (χ0) is 16.5. The highest BCUT2D eigenvalue weighted by molar-refractivity contribution is 6.08. The van der Waals surface area contributed by atoms with Gasteiger partial charge in [-0.1, -0.05) is 48.5 Å². The van der Waals surface area contributed by atoms with Crippen LogP contribution in [0.2, 0.25) is 0 Å². The Morgan fingerprint density at radius 3 is 2.21 bits per heavy atom. The molecule has 24 heavy (non-hydrogen) atoms. The van der Waals surface area contributed by atoms with E-state index >= 15 is 0 Å². The summed E-state index contributed by atoms with van der Waals surface area (Å²) in [5.74, 6) is 0. The number of carbonyl (C=O) groups is 1. The first-order valence-electron chi connectivity index (χ1n) is 8.32. The molecule has 1 N–H and O–H groups in total. The first-order chi connectivity index (χ1) is 11.7. The number of carboxylic acid groups (broad SMARTS) is 1. The van der Waals surface area contributed by atoms with Crippen LogP contribution in [0.25, 0.3) is 21.5 Å². The maximum atomic E-state index is 11.0.